The summed E-state index contributed by atoms with van der Waals surface area (Å²) in [4.78, 5) is 0. The SMILES string of the molecule is OCC1(Cc2c(O)ccc3ccccc23)C=[N+](Cc2ccccc2)c2ccccc2C1. The van der Waals surface area contributed by atoms with Crippen LogP contribution in [0.25, 0.3) is 10.8 Å². The minimum atomic E-state index is -0.495. The molecule has 0 fully saturated rings. The van der Waals surface area contributed by atoms with Crippen molar-refractivity contribution in [1.82, 2.24) is 0 Å². The highest BCUT2D eigenvalue weighted by Crippen LogP contribution is 2.39. The molecule has 3 nitrogen and oxygen atoms in total. The fourth-order valence-electron chi connectivity index (χ4n) is 4.80. The average Bonchev–Trinajstić information content (AvgIpc) is 2.82. The smallest absolute Gasteiger partial charge is 0.208 e. The molecule has 0 radical (unpaired) electrons. The van der Waals surface area contributed by atoms with Crippen LogP contribution in [-0.2, 0) is 19.4 Å². The Morgan fingerprint density at radius 1 is 0.806 bits per heavy atom. The molecule has 1 unspecified atom stereocenters. The first-order valence-electron chi connectivity index (χ1n) is 10.7. The van der Waals surface area contributed by atoms with E-state index >= 15 is 0 Å². The third kappa shape index (κ3) is 3.73. The van der Waals surface area contributed by atoms with Gasteiger partial charge in [0, 0.05) is 22.8 Å². The van der Waals surface area contributed by atoms with Crippen LogP contribution in [0.15, 0.2) is 91.0 Å². The number of fused-ring (bicyclic) bond motifs is 2. The predicted octanol–water partition coefficient (Wildman–Crippen LogP) is 5.24. The topological polar surface area (TPSA) is 43.5 Å². The molecule has 3 heteroatoms. The first-order valence-corrected chi connectivity index (χ1v) is 10.7. The van der Waals surface area contributed by atoms with Crippen LogP contribution in [0.5, 0.6) is 5.75 Å². The van der Waals surface area contributed by atoms with Crippen LogP contribution in [0.3, 0.4) is 0 Å². The van der Waals surface area contributed by atoms with Crippen LogP contribution in [-0.4, -0.2) is 27.6 Å². The van der Waals surface area contributed by atoms with Crippen molar-refractivity contribution in [2.45, 2.75) is 19.4 Å². The first kappa shape index (κ1) is 19.5. The van der Waals surface area contributed by atoms with Gasteiger partial charge in [0.05, 0.1) is 12.0 Å². The van der Waals surface area contributed by atoms with Crippen molar-refractivity contribution in [2.75, 3.05) is 6.61 Å². The molecule has 4 aromatic rings. The molecule has 0 amide bonds. The highest BCUT2D eigenvalue weighted by atomic mass is 16.3. The van der Waals surface area contributed by atoms with Gasteiger partial charge in [0.2, 0.25) is 5.69 Å². The van der Waals surface area contributed by atoms with Crippen LogP contribution in [0.2, 0.25) is 0 Å². The minimum Gasteiger partial charge on any atom is -0.508 e. The third-order valence-corrected chi connectivity index (χ3v) is 6.33. The van der Waals surface area contributed by atoms with Gasteiger partial charge in [-0.25, -0.2) is 0 Å². The Balaban J connectivity index is 1.62. The number of aliphatic hydroxyl groups excluding tert-OH is 1. The van der Waals surface area contributed by atoms with E-state index in [0.29, 0.717) is 6.42 Å². The molecule has 0 saturated heterocycles. The van der Waals surface area contributed by atoms with E-state index < -0.39 is 5.41 Å². The Morgan fingerprint density at radius 3 is 2.39 bits per heavy atom. The number of aromatic hydroxyl groups is 1. The highest BCUT2D eigenvalue weighted by Gasteiger charge is 2.39. The molecule has 1 aliphatic heterocycles. The fraction of sp³-hybridized carbons (Fsp3) is 0.179. The summed E-state index contributed by atoms with van der Waals surface area (Å²) in [6.07, 6.45) is 3.48. The number of phenolic OH excluding ortho intramolecular Hbond substituents is 1. The first-order chi connectivity index (χ1) is 15.2. The van der Waals surface area contributed by atoms with Crippen molar-refractivity contribution in [3.05, 3.63) is 108 Å². The monoisotopic (exact) mass is 408 g/mol. The molecule has 5 rings (SSSR count). The summed E-state index contributed by atoms with van der Waals surface area (Å²) in [5.74, 6) is 0.286. The summed E-state index contributed by atoms with van der Waals surface area (Å²) in [5, 5.41) is 23.5. The van der Waals surface area contributed by atoms with Gasteiger partial charge in [-0.1, -0.05) is 78.9 Å². The van der Waals surface area contributed by atoms with Gasteiger partial charge in [-0.2, -0.15) is 4.58 Å². The third-order valence-electron chi connectivity index (χ3n) is 6.33. The van der Waals surface area contributed by atoms with Gasteiger partial charge in [-0.3, -0.25) is 0 Å². The number of hydrogen-bond acceptors (Lipinski definition) is 2. The number of benzene rings is 4. The average molecular weight is 409 g/mol. The van der Waals surface area contributed by atoms with E-state index in [1.165, 1.54) is 16.8 Å². The van der Waals surface area contributed by atoms with Crippen molar-refractivity contribution < 1.29 is 14.8 Å². The van der Waals surface area contributed by atoms with Crippen LogP contribution in [0.4, 0.5) is 5.69 Å². The van der Waals surface area contributed by atoms with Crippen LogP contribution >= 0.6 is 0 Å². The van der Waals surface area contributed by atoms with Gasteiger partial charge in [0.25, 0.3) is 0 Å². The van der Waals surface area contributed by atoms with E-state index in [2.05, 4.69) is 65.4 Å². The highest BCUT2D eigenvalue weighted by molar-refractivity contribution is 5.88. The number of aliphatic hydroxyl groups is 1. The number of rotatable bonds is 5. The molecule has 0 spiro atoms. The Kier molecular flexibility index (Phi) is 5.05. The molecule has 1 heterocycles. The van der Waals surface area contributed by atoms with E-state index in [4.69, 9.17) is 0 Å². The predicted molar refractivity (Wildman–Crippen MR) is 125 cm³/mol. The lowest BCUT2D eigenvalue weighted by Crippen LogP contribution is -2.39. The lowest BCUT2D eigenvalue weighted by Gasteiger charge is -2.31. The maximum Gasteiger partial charge on any atom is 0.208 e. The van der Waals surface area contributed by atoms with Crippen molar-refractivity contribution in [2.24, 2.45) is 5.41 Å². The Bertz CT molecular complexity index is 1260. The lowest BCUT2D eigenvalue weighted by atomic mass is 9.75. The molecular weight excluding hydrogens is 382 g/mol. The maximum absolute atomic E-state index is 10.7. The van der Waals surface area contributed by atoms with Crippen LogP contribution in [0.1, 0.15) is 16.7 Å². The standard InChI is InChI=1S/C28H25NO2/c30-20-28(17-25-24-12-6-4-10-22(24)14-15-27(25)31)16-23-11-5-7-13-26(23)29(19-28)18-21-8-2-1-3-9-21/h1-15,19,30H,16-18,20H2/p+1. The second-order valence-corrected chi connectivity index (χ2v) is 8.53. The summed E-state index contributed by atoms with van der Waals surface area (Å²) in [6, 6.07) is 30.6. The summed E-state index contributed by atoms with van der Waals surface area (Å²) >= 11 is 0. The van der Waals surface area contributed by atoms with E-state index in [-0.39, 0.29) is 12.4 Å². The summed E-state index contributed by atoms with van der Waals surface area (Å²) in [7, 11) is 0. The van der Waals surface area contributed by atoms with Crippen molar-refractivity contribution in [3.8, 4) is 5.75 Å². The number of hydrogen-bond donors (Lipinski definition) is 2. The molecule has 154 valence electrons. The van der Waals surface area contributed by atoms with Gasteiger partial charge in [-0.15, -0.1) is 0 Å². The van der Waals surface area contributed by atoms with E-state index in [0.717, 1.165) is 29.3 Å². The lowest BCUT2D eigenvalue weighted by molar-refractivity contribution is -0.460. The molecule has 1 aliphatic rings. The summed E-state index contributed by atoms with van der Waals surface area (Å²) < 4.78 is 2.26. The Labute approximate surface area is 182 Å². The van der Waals surface area contributed by atoms with Crippen LogP contribution < -0.4 is 0 Å². The molecule has 0 aromatic heterocycles. The van der Waals surface area contributed by atoms with Gasteiger partial charge < -0.3 is 10.2 Å². The van der Waals surface area contributed by atoms with Crippen molar-refractivity contribution in [1.29, 1.82) is 0 Å². The summed E-state index contributed by atoms with van der Waals surface area (Å²) in [5.41, 5.74) is 4.01. The Morgan fingerprint density at radius 2 is 1.55 bits per heavy atom. The van der Waals surface area contributed by atoms with Gasteiger partial charge in [0.15, 0.2) is 12.8 Å². The molecule has 4 aromatic carbocycles. The van der Waals surface area contributed by atoms with E-state index in [1.807, 2.05) is 30.3 Å². The van der Waals surface area contributed by atoms with Crippen molar-refractivity contribution >= 4 is 22.7 Å². The second-order valence-electron chi connectivity index (χ2n) is 8.53. The zero-order valence-corrected chi connectivity index (χ0v) is 17.4. The van der Waals surface area contributed by atoms with Gasteiger partial charge in [-0.05, 0) is 29.7 Å². The van der Waals surface area contributed by atoms with E-state index in [9.17, 15) is 10.2 Å². The number of nitrogens with zero attached hydrogens (tertiary/aromatic N) is 1. The molecule has 0 aliphatic carbocycles. The zero-order chi connectivity index (χ0) is 21.3. The molecule has 1 atom stereocenters. The summed E-state index contributed by atoms with van der Waals surface area (Å²) in [6.45, 7) is 0.746. The maximum atomic E-state index is 10.7. The van der Waals surface area contributed by atoms with Gasteiger partial charge in [0.1, 0.15) is 5.75 Å². The van der Waals surface area contributed by atoms with E-state index in [1.54, 1.807) is 6.07 Å². The number of para-hydroxylation sites is 1. The molecule has 31 heavy (non-hydrogen) atoms. The fourth-order valence-corrected chi connectivity index (χ4v) is 4.80. The second kappa shape index (κ2) is 8.01. The zero-order valence-electron chi connectivity index (χ0n) is 17.4. The molecule has 0 saturated carbocycles. The van der Waals surface area contributed by atoms with Crippen molar-refractivity contribution in [3.63, 3.8) is 0 Å². The molecule has 0 bridgehead atoms. The quantitative estimate of drug-likeness (QED) is 0.444. The Hall–Kier alpha value is -3.43. The molecule has 2 N–H and O–H groups in total. The van der Waals surface area contributed by atoms with Gasteiger partial charge >= 0.3 is 0 Å². The number of phenols is 1. The minimum absolute atomic E-state index is 0.00921. The normalized spacial score (nSPS) is 17.9. The van der Waals surface area contributed by atoms with Crippen LogP contribution in [0, 0.1) is 5.41 Å². The molecular formula is C28H26NO2+. The largest absolute Gasteiger partial charge is 0.508 e.